The lowest BCUT2D eigenvalue weighted by atomic mass is 9.93. The van der Waals surface area contributed by atoms with Crippen LogP contribution in [0.4, 0.5) is 0 Å². The molecule has 0 fully saturated rings. The van der Waals surface area contributed by atoms with Crippen LogP contribution in [0.15, 0.2) is 203 Å². The van der Waals surface area contributed by atoms with Crippen LogP contribution < -0.4 is 0 Å². The van der Waals surface area contributed by atoms with Crippen molar-refractivity contribution in [2.45, 2.75) is 0 Å². The summed E-state index contributed by atoms with van der Waals surface area (Å²) in [6.45, 7) is 0. The van der Waals surface area contributed by atoms with E-state index in [0.29, 0.717) is 5.82 Å². The van der Waals surface area contributed by atoms with Crippen LogP contribution in [0.25, 0.3) is 111 Å². The first-order chi connectivity index (χ1) is 27.7. The maximum Gasteiger partial charge on any atom is 0.160 e. The van der Waals surface area contributed by atoms with Gasteiger partial charge in [-0.15, -0.1) is 0 Å². The molecule has 8 aromatic carbocycles. The zero-order valence-electron chi connectivity index (χ0n) is 30.2. The van der Waals surface area contributed by atoms with E-state index in [1.165, 1.54) is 0 Å². The summed E-state index contributed by atoms with van der Waals surface area (Å²) in [7, 11) is 0. The SMILES string of the molecule is c1ccc(-c2cc(-c3ccc4oc5ccccc5c4c3)cc(-c3cc(-c4ccccc4-c4ccc5c(c4)oc4ccccc45)nc(-c4ccccc4)n3)c2)cc1. The van der Waals surface area contributed by atoms with Crippen molar-refractivity contribution in [2.24, 2.45) is 0 Å². The minimum absolute atomic E-state index is 0.665. The van der Waals surface area contributed by atoms with Crippen molar-refractivity contribution in [3.8, 4) is 67.3 Å². The van der Waals surface area contributed by atoms with E-state index in [1.807, 2.05) is 42.5 Å². The third-order valence-electron chi connectivity index (χ3n) is 10.7. The van der Waals surface area contributed by atoms with Gasteiger partial charge in [-0.25, -0.2) is 9.97 Å². The Balaban J connectivity index is 1.11. The van der Waals surface area contributed by atoms with Gasteiger partial charge in [-0.2, -0.15) is 0 Å². The van der Waals surface area contributed by atoms with Gasteiger partial charge in [0.25, 0.3) is 0 Å². The molecular formula is C52H32N2O2. The smallest absolute Gasteiger partial charge is 0.160 e. The molecule has 11 rings (SSSR count). The van der Waals surface area contributed by atoms with Crippen molar-refractivity contribution in [1.29, 1.82) is 0 Å². The zero-order valence-corrected chi connectivity index (χ0v) is 30.2. The van der Waals surface area contributed by atoms with Gasteiger partial charge >= 0.3 is 0 Å². The fourth-order valence-electron chi connectivity index (χ4n) is 7.95. The van der Waals surface area contributed by atoms with Crippen LogP contribution in [0.1, 0.15) is 0 Å². The molecule has 11 aromatic rings. The van der Waals surface area contributed by atoms with Gasteiger partial charge in [-0.05, 0) is 94.0 Å². The normalized spacial score (nSPS) is 11.6. The number of fused-ring (bicyclic) bond motifs is 6. The van der Waals surface area contributed by atoms with Crippen molar-refractivity contribution in [2.75, 3.05) is 0 Å². The van der Waals surface area contributed by atoms with Crippen molar-refractivity contribution >= 4 is 43.9 Å². The maximum atomic E-state index is 6.32. The van der Waals surface area contributed by atoms with Crippen LogP contribution in [0.2, 0.25) is 0 Å². The molecule has 4 heteroatoms. The second kappa shape index (κ2) is 13.1. The first-order valence-corrected chi connectivity index (χ1v) is 18.8. The number of furan rings is 2. The van der Waals surface area contributed by atoms with Gasteiger partial charge in [0.05, 0.1) is 11.4 Å². The number of aromatic nitrogens is 2. The molecule has 0 amide bonds. The van der Waals surface area contributed by atoms with E-state index in [9.17, 15) is 0 Å². The standard InChI is InChI=1S/C52H32N2O2/c1-3-13-33(14-4-1)37-27-38(35-24-26-50-45(30-35)43-20-10-12-22-49(43)55-50)29-39(28-37)46-32-47(54-52(53-46)34-15-5-2-6-16-34)41-18-8-7-17-40(41)36-23-25-44-42-19-9-11-21-48(42)56-51(44)31-36/h1-32H. The Morgan fingerprint density at radius 3 is 1.57 bits per heavy atom. The lowest BCUT2D eigenvalue weighted by molar-refractivity contribution is 0.668. The highest BCUT2D eigenvalue weighted by Crippen LogP contribution is 2.40. The van der Waals surface area contributed by atoms with Crippen molar-refractivity contribution in [3.05, 3.63) is 194 Å². The average molecular weight is 717 g/mol. The molecule has 0 atom stereocenters. The minimum atomic E-state index is 0.665. The Morgan fingerprint density at radius 1 is 0.268 bits per heavy atom. The monoisotopic (exact) mass is 716 g/mol. The summed E-state index contributed by atoms with van der Waals surface area (Å²) in [6, 6.07) is 67.5. The van der Waals surface area contributed by atoms with E-state index in [-0.39, 0.29) is 0 Å². The van der Waals surface area contributed by atoms with Gasteiger partial charge in [-0.1, -0.05) is 133 Å². The maximum absolute atomic E-state index is 6.32. The van der Waals surface area contributed by atoms with Crippen LogP contribution >= 0.6 is 0 Å². The summed E-state index contributed by atoms with van der Waals surface area (Å²) in [6.07, 6.45) is 0. The van der Waals surface area contributed by atoms with Crippen LogP contribution in [-0.2, 0) is 0 Å². The molecule has 56 heavy (non-hydrogen) atoms. The first kappa shape index (κ1) is 31.9. The van der Waals surface area contributed by atoms with Crippen molar-refractivity contribution in [3.63, 3.8) is 0 Å². The number of benzene rings is 8. The molecule has 0 radical (unpaired) electrons. The molecule has 0 N–H and O–H groups in total. The van der Waals surface area contributed by atoms with E-state index in [1.54, 1.807) is 0 Å². The third-order valence-corrected chi connectivity index (χ3v) is 10.7. The fourth-order valence-corrected chi connectivity index (χ4v) is 7.95. The molecule has 0 spiro atoms. The summed E-state index contributed by atoms with van der Waals surface area (Å²) < 4.78 is 12.5. The molecule has 0 aliphatic carbocycles. The topological polar surface area (TPSA) is 52.1 Å². The Bertz CT molecular complexity index is 3250. The van der Waals surface area contributed by atoms with Crippen LogP contribution in [0.5, 0.6) is 0 Å². The Hall–Kier alpha value is -7.56. The summed E-state index contributed by atoms with van der Waals surface area (Å²) in [4.78, 5) is 10.5. The fraction of sp³-hybridized carbons (Fsp3) is 0. The zero-order chi connectivity index (χ0) is 37.0. The van der Waals surface area contributed by atoms with Gasteiger partial charge in [0.2, 0.25) is 0 Å². The number of rotatable bonds is 6. The van der Waals surface area contributed by atoms with Crippen LogP contribution in [0.3, 0.4) is 0 Å². The van der Waals surface area contributed by atoms with Crippen LogP contribution in [-0.4, -0.2) is 9.97 Å². The van der Waals surface area contributed by atoms with Crippen molar-refractivity contribution < 1.29 is 8.83 Å². The number of nitrogens with zero attached hydrogens (tertiary/aromatic N) is 2. The summed E-state index contributed by atoms with van der Waals surface area (Å²) >= 11 is 0. The van der Waals surface area contributed by atoms with Gasteiger partial charge in [-0.3, -0.25) is 0 Å². The quantitative estimate of drug-likeness (QED) is 0.172. The van der Waals surface area contributed by atoms with E-state index < -0.39 is 0 Å². The predicted molar refractivity (Wildman–Crippen MR) is 229 cm³/mol. The molecule has 0 saturated carbocycles. The molecule has 0 saturated heterocycles. The van der Waals surface area contributed by atoms with E-state index in [0.717, 1.165) is 105 Å². The van der Waals surface area contributed by atoms with E-state index in [2.05, 4.69) is 152 Å². The molecule has 262 valence electrons. The Kier molecular flexibility index (Phi) is 7.46. The Labute approximate surface area is 323 Å². The summed E-state index contributed by atoms with van der Waals surface area (Å²) in [5.74, 6) is 0.665. The second-order valence-electron chi connectivity index (χ2n) is 14.2. The highest BCUT2D eigenvalue weighted by Gasteiger charge is 2.17. The molecule has 3 aromatic heterocycles. The molecule has 0 unspecified atom stereocenters. The molecule has 0 aliphatic heterocycles. The molecule has 3 heterocycles. The third kappa shape index (κ3) is 5.55. The lowest BCUT2D eigenvalue weighted by Crippen LogP contribution is -1.97. The first-order valence-electron chi connectivity index (χ1n) is 18.8. The average Bonchev–Trinajstić information content (AvgIpc) is 3.84. The highest BCUT2D eigenvalue weighted by molar-refractivity contribution is 6.07. The second-order valence-corrected chi connectivity index (χ2v) is 14.2. The highest BCUT2D eigenvalue weighted by atomic mass is 16.3. The lowest BCUT2D eigenvalue weighted by Gasteiger charge is -2.15. The van der Waals surface area contributed by atoms with Gasteiger partial charge in [0, 0.05) is 38.2 Å². The van der Waals surface area contributed by atoms with Crippen LogP contribution in [0, 0.1) is 0 Å². The van der Waals surface area contributed by atoms with Gasteiger partial charge in [0.1, 0.15) is 22.3 Å². The minimum Gasteiger partial charge on any atom is -0.456 e. The Morgan fingerprint density at radius 2 is 0.804 bits per heavy atom. The summed E-state index contributed by atoms with van der Waals surface area (Å²) in [5.41, 5.74) is 14.7. The predicted octanol–water partition coefficient (Wildman–Crippen LogP) is 14.3. The van der Waals surface area contributed by atoms with E-state index in [4.69, 9.17) is 18.8 Å². The van der Waals surface area contributed by atoms with E-state index >= 15 is 0 Å². The largest absolute Gasteiger partial charge is 0.456 e. The number of hydrogen-bond donors (Lipinski definition) is 0. The molecule has 0 bridgehead atoms. The molecule has 0 aliphatic rings. The number of para-hydroxylation sites is 2. The van der Waals surface area contributed by atoms with Gasteiger partial charge < -0.3 is 8.83 Å². The van der Waals surface area contributed by atoms with Gasteiger partial charge in [0.15, 0.2) is 5.82 Å². The number of hydrogen-bond acceptors (Lipinski definition) is 4. The molecular weight excluding hydrogens is 685 g/mol. The van der Waals surface area contributed by atoms with Crippen molar-refractivity contribution in [1.82, 2.24) is 9.97 Å². The molecule has 4 nitrogen and oxygen atoms in total. The summed E-state index contributed by atoms with van der Waals surface area (Å²) in [5, 5.41) is 4.42.